The van der Waals surface area contributed by atoms with E-state index in [4.69, 9.17) is 16.2 Å². The van der Waals surface area contributed by atoms with Gasteiger partial charge in [0.2, 0.25) is 11.8 Å². The molecule has 2 amide bonds. The number of carboxylic acid groups (broad SMARTS) is 1. The number of carbonyl (C=O) groups excluding carboxylic acids is 2. The minimum absolute atomic E-state index is 0.0293. The lowest BCUT2D eigenvalue weighted by molar-refractivity contribution is -0.141. The number of nitrogens with two attached hydrogens (primary N) is 1. The minimum atomic E-state index is -1.12. The number of carbonyl (C=O) groups is 3. The number of aliphatic carboxylic acids is 1. The van der Waals surface area contributed by atoms with E-state index in [9.17, 15) is 14.4 Å². The molecule has 128 valence electrons. The van der Waals surface area contributed by atoms with Crippen molar-refractivity contribution < 1.29 is 19.5 Å². The first-order chi connectivity index (χ1) is 11.3. The molecular weight excluding hydrogens is 312 g/mol. The van der Waals surface area contributed by atoms with Crippen molar-refractivity contribution in [2.24, 2.45) is 11.7 Å². The van der Waals surface area contributed by atoms with Gasteiger partial charge >= 0.3 is 5.97 Å². The van der Waals surface area contributed by atoms with E-state index in [-0.39, 0.29) is 18.2 Å². The SMILES string of the molecule is CC(NC(=O)CC1CCN(c2ccc(C(=N)N)cc2)C1=O)C(=O)O. The molecule has 1 aliphatic heterocycles. The van der Waals surface area contributed by atoms with E-state index in [0.29, 0.717) is 24.2 Å². The third-order valence-electron chi connectivity index (χ3n) is 3.99. The molecule has 8 nitrogen and oxygen atoms in total. The first-order valence-electron chi connectivity index (χ1n) is 7.57. The molecule has 5 N–H and O–H groups in total. The lowest BCUT2D eigenvalue weighted by Crippen LogP contribution is -2.39. The van der Waals surface area contributed by atoms with Crippen LogP contribution in [0.1, 0.15) is 25.3 Å². The van der Waals surface area contributed by atoms with Crippen LogP contribution >= 0.6 is 0 Å². The van der Waals surface area contributed by atoms with Gasteiger partial charge in [0.25, 0.3) is 0 Å². The Balaban J connectivity index is 1.98. The zero-order valence-corrected chi connectivity index (χ0v) is 13.3. The summed E-state index contributed by atoms with van der Waals surface area (Å²) in [6.07, 6.45) is 0.501. The van der Waals surface area contributed by atoms with Crippen LogP contribution in [-0.4, -0.2) is 41.3 Å². The van der Waals surface area contributed by atoms with E-state index < -0.39 is 23.8 Å². The minimum Gasteiger partial charge on any atom is -0.480 e. The fraction of sp³-hybridized carbons (Fsp3) is 0.375. The molecule has 8 heteroatoms. The number of nitrogens with zero attached hydrogens (tertiary/aromatic N) is 1. The zero-order valence-electron chi connectivity index (χ0n) is 13.3. The molecule has 2 unspecified atom stereocenters. The van der Waals surface area contributed by atoms with Crippen molar-refractivity contribution >= 4 is 29.3 Å². The Kier molecular flexibility index (Phi) is 5.18. The second kappa shape index (κ2) is 7.12. The maximum Gasteiger partial charge on any atom is 0.325 e. The molecule has 1 aromatic rings. The van der Waals surface area contributed by atoms with E-state index >= 15 is 0 Å². The van der Waals surface area contributed by atoms with Crippen molar-refractivity contribution in [1.82, 2.24) is 5.32 Å². The molecular formula is C16H20N4O4. The largest absolute Gasteiger partial charge is 0.480 e. The number of benzene rings is 1. The summed E-state index contributed by atoms with van der Waals surface area (Å²) < 4.78 is 0. The van der Waals surface area contributed by atoms with E-state index in [2.05, 4.69) is 5.32 Å². The van der Waals surface area contributed by atoms with E-state index in [0.717, 1.165) is 0 Å². The zero-order chi connectivity index (χ0) is 17.9. The Labute approximate surface area is 139 Å². The van der Waals surface area contributed by atoms with Gasteiger partial charge in [-0.15, -0.1) is 0 Å². The molecule has 0 saturated carbocycles. The van der Waals surface area contributed by atoms with Gasteiger partial charge < -0.3 is 21.1 Å². The molecule has 0 aromatic heterocycles. The summed E-state index contributed by atoms with van der Waals surface area (Å²) in [7, 11) is 0. The van der Waals surface area contributed by atoms with E-state index in [1.165, 1.54) is 6.92 Å². The van der Waals surface area contributed by atoms with Crippen LogP contribution in [0.2, 0.25) is 0 Å². The van der Waals surface area contributed by atoms with Crippen molar-refractivity contribution in [3.63, 3.8) is 0 Å². The molecule has 1 saturated heterocycles. The van der Waals surface area contributed by atoms with Crippen molar-refractivity contribution in [1.29, 1.82) is 5.41 Å². The lowest BCUT2D eigenvalue weighted by Gasteiger charge is -2.17. The van der Waals surface area contributed by atoms with Crippen molar-refractivity contribution in [2.45, 2.75) is 25.8 Å². The van der Waals surface area contributed by atoms with Crippen molar-refractivity contribution in [3.05, 3.63) is 29.8 Å². The molecule has 0 bridgehead atoms. The average Bonchev–Trinajstić information content (AvgIpc) is 2.88. The van der Waals surface area contributed by atoms with Gasteiger partial charge in [-0.25, -0.2) is 0 Å². The molecule has 0 spiro atoms. The Morgan fingerprint density at radius 1 is 1.42 bits per heavy atom. The summed E-state index contributed by atoms with van der Waals surface area (Å²) in [5.74, 6) is -2.23. The van der Waals surface area contributed by atoms with E-state index in [1.807, 2.05) is 0 Å². The molecule has 2 rings (SSSR count). The number of rotatable bonds is 6. The lowest BCUT2D eigenvalue weighted by atomic mass is 10.0. The number of hydrogen-bond acceptors (Lipinski definition) is 4. The number of anilines is 1. The molecule has 1 aromatic carbocycles. The number of hydrogen-bond donors (Lipinski definition) is 4. The maximum atomic E-state index is 12.4. The Morgan fingerprint density at radius 2 is 2.04 bits per heavy atom. The summed E-state index contributed by atoms with van der Waals surface area (Å²) in [4.78, 5) is 36.6. The molecule has 1 heterocycles. The molecule has 1 aliphatic rings. The number of nitrogens with one attached hydrogen (secondary N) is 2. The number of nitrogen functional groups attached to an aromatic ring is 1. The topological polar surface area (TPSA) is 137 Å². The molecule has 0 aliphatic carbocycles. The molecule has 1 fully saturated rings. The predicted molar refractivity (Wildman–Crippen MR) is 87.8 cm³/mol. The summed E-state index contributed by atoms with van der Waals surface area (Å²) in [6.45, 7) is 1.87. The van der Waals surface area contributed by atoms with Crippen LogP contribution in [-0.2, 0) is 14.4 Å². The Bertz CT molecular complexity index is 671. The van der Waals surface area contributed by atoms with Gasteiger partial charge in [-0.3, -0.25) is 19.8 Å². The van der Waals surface area contributed by atoms with Crippen LogP contribution in [0, 0.1) is 11.3 Å². The van der Waals surface area contributed by atoms with Crippen LogP contribution in [0.3, 0.4) is 0 Å². The summed E-state index contributed by atoms with van der Waals surface area (Å²) in [5, 5.41) is 18.5. The smallest absolute Gasteiger partial charge is 0.325 e. The summed E-state index contributed by atoms with van der Waals surface area (Å²) in [5.41, 5.74) is 6.66. The van der Waals surface area contributed by atoms with Crippen LogP contribution < -0.4 is 16.0 Å². The second-order valence-electron chi connectivity index (χ2n) is 5.77. The highest BCUT2D eigenvalue weighted by Crippen LogP contribution is 2.27. The highest BCUT2D eigenvalue weighted by Gasteiger charge is 2.34. The first-order valence-corrected chi connectivity index (χ1v) is 7.57. The van der Waals surface area contributed by atoms with Crippen molar-refractivity contribution in [2.75, 3.05) is 11.4 Å². The predicted octanol–water partition coefficient (Wildman–Crippen LogP) is 0.303. The monoisotopic (exact) mass is 332 g/mol. The van der Waals surface area contributed by atoms with E-state index in [1.54, 1.807) is 29.2 Å². The second-order valence-corrected chi connectivity index (χ2v) is 5.77. The molecule has 2 atom stereocenters. The first kappa shape index (κ1) is 17.5. The standard InChI is InChI=1S/C16H20N4O4/c1-9(16(23)24)19-13(21)8-11-6-7-20(15(11)22)12-4-2-10(3-5-12)14(17)18/h2-5,9,11H,6-8H2,1H3,(H3,17,18)(H,19,21)(H,23,24). The normalized spacial score (nSPS) is 18.3. The quantitative estimate of drug-likeness (QED) is 0.439. The molecule has 24 heavy (non-hydrogen) atoms. The van der Waals surface area contributed by atoms with Gasteiger partial charge in [0.1, 0.15) is 11.9 Å². The van der Waals surface area contributed by atoms with Crippen LogP contribution in [0.5, 0.6) is 0 Å². The highest BCUT2D eigenvalue weighted by molar-refractivity contribution is 6.00. The van der Waals surface area contributed by atoms with Crippen molar-refractivity contribution in [3.8, 4) is 0 Å². The van der Waals surface area contributed by atoms with Gasteiger partial charge in [-0.2, -0.15) is 0 Å². The van der Waals surface area contributed by atoms with Gasteiger partial charge in [0.15, 0.2) is 0 Å². The third kappa shape index (κ3) is 3.89. The average molecular weight is 332 g/mol. The fourth-order valence-electron chi connectivity index (χ4n) is 2.59. The number of carboxylic acids is 1. The number of amidine groups is 1. The molecule has 0 radical (unpaired) electrons. The van der Waals surface area contributed by atoms with Gasteiger partial charge in [0.05, 0.1) is 0 Å². The van der Waals surface area contributed by atoms with Crippen LogP contribution in [0.25, 0.3) is 0 Å². The van der Waals surface area contributed by atoms with Crippen LogP contribution in [0.4, 0.5) is 5.69 Å². The van der Waals surface area contributed by atoms with Gasteiger partial charge in [0, 0.05) is 30.1 Å². The third-order valence-corrected chi connectivity index (χ3v) is 3.99. The fourth-order valence-corrected chi connectivity index (χ4v) is 2.59. The summed E-state index contributed by atoms with van der Waals surface area (Å²) in [6, 6.07) is 5.77. The van der Waals surface area contributed by atoms with Gasteiger partial charge in [-0.05, 0) is 37.6 Å². The summed E-state index contributed by atoms with van der Waals surface area (Å²) >= 11 is 0. The Morgan fingerprint density at radius 3 is 2.58 bits per heavy atom. The Hall–Kier alpha value is -2.90. The number of amides is 2. The van der Waals surface area contributed by atoms with Crippen LogP contribution in [0.15, 0.2) is 24.3 Å². The maximum absolute atomic E-state index is 12.4. The highest BCUT2D eigenvalue weighted by atomic mass is 16.4. The van der Waals surface area contributed by atoms with Gasteiger partial charge in [-0.1, -0.05) is 0 Å².